The Morgan fingerprint density at radius 1 is 1.60 bits per heavy atom. The maximum absolute atomic E-state index is 11.6. The Bertz CT molecular complexity index is 339. The van der Waals surface area contributed by atoms with Crippen LogP contribution in [0.5, 0.6) is 0 Å². The quantitative estimate of drug-likeness (QED) is 0.793. The number of aromatic nitrogens is 2. The summed E-state index contributed by atoms with van der Waals surface area (Å²) in [5, 5.41) is 12.0. The molecule has 1 aromatic rings. The number of nitrogens with zero attached hydrogens (tertiary/aromatic N) is 3. The van der Waals surface area contributed by atoms with E-state index < -0.39 is 5.97 Å². The van der Waals surface area contributed by atoms with E-state index in [1.54, 1.807) is 7.05 Å². The van der Waals surface area contributed by atoms with E-state index in [2.05, 4.69) is 9.59 Å². The third-order valence-corrected chi connectivity index (χ3v) is 2.46. The molecule has 0 aromatic carbocycles. The van der Waals surface area contributed by atoms with Crippen molar-refractivity contribution < 1.29 is 14.7 Å². The normalized spacial score (nSPS) is 9.93. The summed E-state index contributed by atoms with van der Waals surface area (Å²) in [6.45, 7) is 0.420. The van der Waals surface area contributed by atoms with Crippen LogP contribution in [-0.4, -0.2) is 45.1 Å². The van der Waals surface area contributed by atoms with Gasteiger partial charge in [0.15, 0.2) is 0 Å². The number of carboxylic acids is 1. The van der Waals surface area contributed by atoms with Crippen molar-refractivity contribution >= 4 is 23.4 Å². The first-order valence-corrected chi connectivity index (χ1v) is 5.13. The summed E-state index contributed by atoms with van der Waals surface area (Å²) in [6, 6.07) is 0. The Morgan fingerprint density at radius 3 is 2.87 bits per heavy atom. The van der Waals surface area contributed by atoms with Gasteiger partial charge in [-0.1, -0.05) is 4.49 Å². The average Bonchev–Trinajstić information content (AvgIpc) is 2.68. The molecule has 0 aliphatic rings. The summed E-state index contributed by atoms with van der Waals surface area (Å²) in [5.41, 5.74) is 0. The minimum Gasteiger partial charge on any atom is -0.481 e. The molecule has 0 bridgehead atoms. The van der Waals surface area contributed by atoms with E-state index in [9.17, 15) is 9.59 Å². The molecule has 0 saturated heterocycles. The molecule has 1 amide bonds. The molecule has 1 rings (SSSR count). The van der Waals surface area contributed by atoms with Crippen molar-refractivity contribution in [2.24, 2.45) is 0 Å². The Kier molecular flexibility index (Phi) is 4.17. The molecule has 0 unspecified atom stereocenters. The van der Waals surface area contributed by atoms with Crippen LogP contribution in [0.15, 0.2) is 6.20 Å². The largest absolute Gasteiger partial charge is 0.481 e. The number of carbonyl (C=O) groups is 2. The third-order valence-electron chi connectivity index (χ3n) is 1.80. The molecule has 1 N–H and O–H groups in total. The van der Waals surface area contributed by atoms with Gasteiger partial charge in [-0.15, -0.1) is 5.10 Å². The van der Waals surface area contributed by atoms with Crippen molar-refractivity contribution in [3.63, 3.8) is 0 Å². The maximum atomic E-state index is 11.6. The molecule has 0 aliphatic heterocycles. The summed E-state index contributed by atoms with van der Waals surface area (Å²) in [7, 11) is 1.63. The maximum Gasteiger partial charge on any atom is 0.303 e. The summed E-state index contributed by atoms with van der Waals surface area (Å²) < 4.78 is 3.58. The number of carboxylic acid groups (broad SMARTS) is 1. The Labute approximate surface area is 90.7 Å². The van der Waals surface area contributed by atoms with Crippen molar-refractivity contribution in [2.45, 2.75) is 12.8 Å². The van der Waals surface area contributed by atoms with Crippen LogP contribution < -0.4 is 0 Å². The fourth-order valence-corrected chi connectivity index (χ4v) is 1.53. The molecule has 0 aliphatic carbocycles. The zero-order valence-corrected chi connectivity index (χ0v) is 9.03. The van der Waals surface area contributed by atoms with E-state index in [0.717, 1.165) is 11.5 Å². The Balaban J connectivity index is 2.37. The lowest BCUT2D eigenvalue weighted by molar-refractivity contribution is -0.137. The van der Waals surface area contributed by atoms with Gasteiger partial charge in [-0.25, -0.2) is 0 Å². The van der Waals surface area contributed by atoms with Crippen molar-refractivity contribution in [2.75, 3.05) is 13.6 Å². The molecule has 0 radical (unpaired) electrons. The van der Waals surface area contributed by atoms with Gasteiger partial charge in [-0.05, 0) is 18.0 Å². The van der Waals surface area contributed by atoms with Crippen LogP contribution >= 0.6 is 11.5 Å². The lowest BCUT2D eigenvalue weighted by Crippen LogP contribution is -2.27. The van der Waals surface area contributed by atoms with Crippen LogP contribution in [0, 0.1) is 0 Å². The van der Waals surface area contributed by atoms with E-state index in [0.29, 0.717) is 17.8 Å². The molecule has 6 nitrogen and oxygen atoms in total. The fourth-order valence-electron chi connectivity index (χ4n) is 1.02. The molecule has 7 heteroatoms. The van der Waals surface area contributed by atoms with Crippen molar-refractivity contribution in [3.05, 3.63) is 11.1 Å². The second kappa shape index (κ2) is 5.40. The van der Waals surface area contributed by atoms with E-state index in [4.69, 9.17) is 5.11 Å². The highest BCUT2D eigenvalue weighted by molar-refractivity contribution is 7.07. The monoisotopic (exact) mass is 229 g/mol. The van der Waals surface area contributed by atoms with E-state index in [1.165, 1.54) is 11.1 Å². The van der Waals surface area contributed by atoms with Gasteiger partial charge >= 0.3 is 5.97 Å². The van der Waals surface area contributed by atoms with Gasteiger partial charge in [-0.3, -0.25) is 9.59 Å². The smallest absolute Gasteiger partial charge is 0.303 e. The highest BCUT2D eigenvalue weighted by Crippen LogP contribution is 2.06. The van der Waals surface area contributed by atoms with Crippen LogP contribution in [0.1, 0.15) is 22.5 Å². The number of hydrogen-bond donors (Lipinski definition) is 1. The summed E-state index contributed by atoms with van der Waals surface area (Å²) >= 11 is 1.03. The van der Waals surface area contributed by atoms with E-state index in [1.807, 2.05) is 0 Å². The Hall–Kier alpha value is -1.50. The van der Waals surface area contributed by atoms with Crippen molar-refractivity contribution in [3.8, 4) is 0 Å². The van der Waals surface area contributed by atoms with Gasteiger partial charge < -0.3 is 10.0 Å². The lowest BCUT2D eigenvalue weighted by atomic mass is 10.3. The fraction of sp³-hybridized carbons (Fsp3) is 0.500. The van der Waals surface area contributed by atoms with Crippen LogP contribution in [0.3, 0.4) is 0 Å². The molecular formula is C8H11N3O3S. The van der Waals surface area contributed by atoms with Gasteiger partial charge in [0.1, 0.15) is 4.88 Å². The SMILES string of the molecule is CN(CCCC(=O)O)C(=O)c1cnns1. The third kappa shape index (κ3) is 3.62. The molecular weight excluding hydrogens is 218 g/mol. The van der Waals surface area contributed by atoms with Crippen LogP contribution in [0.4, 0.5) is 0 Å². The molecule has 1 heterocycles. The summed E-state index contributed by atoms with van der Waals surface area (Å²) in [6.07, 6.45) is 1.92. The Morgan fingerprint density at radius 2 is 2.33 bits per heavy atom. The van der Waals surface area contributed by atoms with Crippen LogP contribution in [-0.2, 0) is 4.79 Å². The molecule has 0 spiro atoms. The van der Waals surface area contributed by atoms with Crippen LogP contribution in [0.25, 0.3) is 0 Å². The molecule has 82 valence electrons. The van der Waals surface area contributed by atoms with Crippen LogP contribution in [0.2, 0.25) is 0 Å². The molecule has 1 aromatic heterocycles. The summed E-state index contributed by atoms with van der Waals surface area (Å²) in [5.74, 6) is -1.02. The predicted molar refractivity (Wildman–Crippen MR) is 53.7 cm³/mol. The number of amides is 1. The first kappa shape index (κ1) is 11.6. The number of hydrogen-bond acceptors (Lipinski definition) is 5. The zero-order chi connectivity index (χ0) is 11.3. The second-order valence-corrected chi connectivity index (χ2v) is 3.79. The van der Waals surface area contributed by atoms with E-state index in [-0.39, 0.29) is 12.3 Å². The highest BCUT2D eigenvalue weighted by atomic mass is 32.1. The van der Waals surface area contributed by atoms with Gasteiger partial charge in [-0.2, -0.15) is 0 Å². The van der Waals surface area contributed by atoms with Gasteiger partial charge in [0, 0.05) is 20.0 Å². The molecule has 0 fully saturated rings. The van der Waals surface area contributed by atoms with Crippen molar-refractivity contribution in [1.82, 2.24) is 14.5 Å². The molecule has 0 atom stereocenters. The van der Waals surface area contributed by atoms with Gasteiger partial charge in [0.2, 0.25) is 0 Å². The van der Waals surface area contributed by atoms with Gasteiger partial charge in [0.05, 0.1) is 6.20 Å². The lowest BCUT2D eigenvalue weighted by Gasteiger charge is -2.14. The standard InChI is InChI=1S/C8H11N3O3S/c1-11(4-2-3-7(12)13)8(14)6-5-9-10-15-6/h5H,2-4H2,1H3,(H,12,13). The minimum atomic E-state index is -0.852. The first-order valence-electron chi connectivity index (χ1n) is 4.36. The predicted octanol–water partition coefficient (Wildman–Crippen LogP) is 0.475. The number of carbonyl (C=O) groups excluding carboxylic acids is 1. The average molecular weight is 229 g/mol. The number of aliphatic carboxylic acids is 1. The molecule has 15 heavy (non-hydrogen) atoms. The zero-order valence-electron chi connectivity index (χ0n) is 8.21. The van der Waals surface area contributed by atoms with E-state index >= 15 is 0 Å². The second-order valence-electron chi connectivity index (χ2n) is 3.01. The summed E-state index contributed by atoms with van der Waals surface area (Å²) in [4.78, 5) is 23.8. The highest BCUT2D eigenvalue weighted by Gasteiger charge is 2.13. The minimum absolute atomic E-state index is 0.0680. The number of rotatable bonds is 5. The van der Waals surface area contributed by atoms with Crippen molar-refractivity contribution in [1.29, 1.82) is 0 Å². The topological polar surface area (TPSA) is 83.4 Å². The van der Waals surface area contributed by atoms with Gasteiger partial charge in [0.25, 0.3) is 5.91 Å². The first-order chi connectivity index (χ1) is 7.11. The molecule has 0 saturated carbocycles.